The van der Waals surface area contributed by atoms with E-state index in [-0.39, 0.29) is 10.8 Å². The Kier molecular flexibility index (Phi) is 7.57. The highest BCUT2D eigenvalue weighted by Gasteiger charge is 2.27. The van der Waals surface area contributed by atoms with Gasteiger partial charge in [-0.25, -0.2) is 13.4 Å². The van der Waals surface area contributed by atoms with Crippen molar-refractivity contribution in [2.45, 2.75) is 31.1 Å². The van der Waals surface area contributed by atoms with Crippen molar-refractivity contribution in [1.29, 1.82) is 0 Å². The van der Waals surface area contributed by atoms with Crippen LogP contribution in [-0.4, -0.2) is 80.9 Å². The van der Waals surface area contributed by atoms with Gasteiger partial charge in [0.2, 0.25) is 10.0 Å². The fourth-order valence-corrected chi connectivity index (χ4v) is 7.36. The molecule has 2 aliphatic rings. The standard InChI is InChI=1S/C26H33N5O3S2/c1-2-20-5-10-23-24(19-20)35-26(28-23)30-17-15-29(16-18-30)14-11-27-25(32)21-6-8-22(9-7-21)36(33,34)31-12-3-4-13-31/h5-10,19H,2-4,11-18H2,1H3,(H,27,32). The first kappa shape index (κ1) is 25.1. The first-order chi connectivity index (χ1) is 17.4. The summed E-state index contributed by atoms with van der Waals surface area (Å²) in [5.41, 5.74) is 2.88. The Balaban J connectivity index is 1.08. The second-order valence-corrected chi connectivity index (χ2v) is 12.3. The number of carbonyl (C=O) groups is 1. The molecule has 8 nitrogen and oxygen atoms in total. The van der Waals surface area contributed by atoms with Gasteiger partial charge in [0.25, 0.3) is 5.91 Å². The lowest BCUT2D eigenvalue weighted by molar-refractivity contribution is 0.0947. The average Bonchev–Trinajstić information content (AvgIpc) is 3.59. The number of piperazine rings is 1. The number of carbonyl (C=O) groups excluding carboxylic acids is 1. The zero-order valence-corrected chi connectivity index (χ0v) is 22.3. The van der Waals surface area contributed by atoms with E-state index in [0.717, 1.165) is 62.6 Å². The van der Waals surface area contributed by atoms with Gasteiger partial charge in [-0.1, -0.05) is 24.3 Å². The molecule has 2 aliphatic heterocycles. The Morgan fingerprint density at radius 3 is 2.42 bits per heavy atom. The molecule has 2 aromatic carbocycles. The fourth-order valence-electron chi connectivity index (χ4n) is 4.76. The van der Waals surface area contributed by atoms with Gasteiger partial charge in [0, 0.05) is 57.9 Å². The Bertz CT molecular complexity index is 1310. The van der Waals surface area contributed by atoms with Gasteiger partial charge in [-0.05, 0) is 61.2 Å². The maximum Gasteiger partial charge on any atom is 0.251 e. The molecule has 0 aliphatic carbocycles. The number of benzene rings is 2. The number of thiazole rings is 1. The summed E-state index contributed by atoms with van der Waals surface area (Å²) in [6.45, 7) is 8.32. The minimum absolute atomic E-state index is 0.181. The number of amides is 1. The van der Waals surface area contributed by atoms with E-state index in [4.69, 9.17) is 4.98 Å². The van der Waals surface area contributed by atoms with Crippen LogP contribution >= 0.6 is 11.3 Å². The molecule has 1 N–H and O–H groups in total. The molecule has 36 heavy (non-hydrogen) atoms. The highest BCUT2D eigenvalue weighted by atomic mass is 32.2. The topological polar surface area (TPSA) is 85.9 Å². The zero-order valence-electron chi connectivity index (χ0n) is 20.6. The van der Waals surface area contributed by atoms with Crippen LogP contribution in [0.4, 0.5) is 5.13 Å². The zero-order chi connectivity index (χ0) is 25.1. The maximum absolute atomic E-state index is 12.7. The quantitative estimate of drug-likeness (QED) is 0.484. The monoisotopic (exact) mass is 527 g/mol. The Hall–Kier alpha value is -2.53. The Morgan fingerprint density at radius 1 is 1.00 bits per heavy atom. The summed E-state index contributed by atoms with van der Waals surface area (Å²) in [6, 6.07) is 12.8. The second-order valence-electron chi connectivity index (χ2n) is 9.37. The molecule has 0 unspecified atom stereocenters. The second kappa shape index (κ2) is 10.8. The Labute approximate surface area is 217 Å². The van der Waals surface area contributed by atoms with Gasteiger partial charge in [-0.3, -0.25) is 9.69 Å². The van der Waals surface area contributed by atoms with Crippen molar-refractivity contribution in [3.05, 3.63) is 53.6 Å². The number of nitrogens with zero attached hydrogens (tertiary/aromatic N) is 4. The summed E-state index contributed by atoms with van der Waals surface area (Å²) < 4.78 is 28.1. The summed E-state index contributed by atoms with van der Waals surface area (Å²) in [5.74, 6) is -0.181. The van der Waals surface area contributed by atoms with Gasteiger partial charge >= 0.3 is 0 Å². The van der Waals surface area contributed by atoms with E-state index in [2.05, 4.69) is 40.2 Å². The molecule has 3 aromatic rings. The molecule has 2 saturated heterocycles. The number of aryl methyl sites for hydroxylation is 1. The van der Waals surface area contributed by atoms with Crippen LogP contribution in [0.5, 0.6) is 0 Å². The lowest BCUT2D eigenvalue weighted by Crippen LogP contribution is -2.48. The van der Waals surface area contributed by atoms with E-state index in [1.165, 1.54) is 26.7 Å². The number of rotatable bonds is 8. The van der Waals surface area contributed by atoms with Gasteiger partial charge in [0.1, 0.15) is 0 Å². The largest absolute Gasteiger partial charge is 0.351 e. The summed E-state index contributed by atoms with van der Waals surface area (Å²) in [6.07, 6.45) is 2.83. The third kappa shape index (κ3) is 5.41. The molecule has 1 amide bonds. The van der Waals surface area contributed by atoms with Crippen molar-refractivity contribution in [3.63, 3.8) is 0 Å². The van der Waals surface area contributed by atoms with Crippen LogP contribution in [0, 0.1) is 0 Å². The predicted molar refractivity (Wildman–Crippen MR) is 144 cm³/mol. The van der Waals surface area contributed by atoms with Gasteiger partial charge in [0.05, 0.1) is 15.1 Å². The van der Waals surface area contributed by atoms with Crippen LogP contribution in [-0.2, 0) is 16.4 Å². The van der Waals surface area contributed by atoms with E-state index >= 15 is 0 Å². The number of aromatic nitrogens is 1. The van der Waals surface area contributed by atoms with E-state index in [1.807, 2.05) is 0 Å². The average molecular weight is 528 g/mol. The minimum Gasteiger partial charge on any atom is -0.351 e. The summed E-state index contributed by atoms with van der Waals surface area (Å²) in [5, 5.41) is 4.05. The molecule has 192 valence electrons. The predicted octanol–water partition coefficient (Wildman–Crippen LogP) is 3.20. The van der Waals surface area contributed by atoms with Crippen molar-refractivity contribution < 1.29 is 13.2 Å². The smallest absolute Gasteiger partial charge is 0.251 e. The number of sulfonamides is 1. The van der Waals surface area contributed by atoms with Crippen molar-refractivity contribution in [1.82, 2.24) is 19.5 Å². The van der Waals surface area contributed by atoms with Gasteiger partial charge < -0.3 is 10.2 Å². The molecule has 2 fully saturated rings. The molecular formula is C26H33N5O3S2. The van der Waals surface area contributed by atoms with Gasteiger partial charge in [0.15, 0.2) is 5.13 Å². The minimum atomic E-state index is -3.46. The van der Waals surface area contributed by atoms with E-state index in [0.29, 0.717) is 25.2 Å². The van der Waals surface area contributed by atoms with Crippen LogP contribution < -0.4 is 10.2 Å². The number of anilines is 1. The number of nitrogens with one attached hydrogen (secondary N) is 1. The molecule has 0 saturated carbocycles. The third-order valence-electron chi connectivity index (χ3n) is 7.03. The Morgan fingerprint density at radius 2 is 1.72 bits per heavy atom. The van der Waals surface area contributed by atoms with Crippen LogP contribution in [0.2, 0.25) is 0 Å². The normalized spacial score (nSPS) is 17.6. The van der Waals surface area contributed by atoms with Crippen LogP contribution in [0.3, 0.4) is 0 Å². The van der Waals surface area contributed by atoms with Crippen molar-refractivity contribution >= 4 is 42.6 Å². The van der Waals surface area contributed by atoms with Crippen LogP contribution in [0.15, 0.2) is 47.4 Å². The first-order valence-corrected chi connectivity index (χ1v) is 14.9. The summed E-state index contributed by atoms with van der Waals surface area (Å²) in [7, 11) is -3.46. The van der Waals surface area contributed by atoms with Gasteiger partial charge in [-0.2, -0.15) is 4.31 Å². The number of fused-ring (bicyclic) bond motifs is 1. The molecular weight excluding hydrogens is 494 g/mol. The third-order valence-corrected chi connectivity index (χ3v) is 10.0. The maximum atomic E-state index is 12.7. The SMILES string of the molecule is CCc1ccc2nc(N3CCN(CCNC(=O)c4ccc(S(=O)(=O)N5CCCC5)cc4)CC3)sc2c1. The number of hydrogen-bond acceptors (Lipinski definition) is 7. The highest BCUT2D eigenvalue weighted by Crippen LogP contribution is 2.30. The van der Waals surface area contributed by atoms with Crippen molar-refractivity contribution in [2.24, 2.45) is 0 Å². The fraction of sp³-hybridized carbons (Fsp3) is 0.462. The lowest BCUT2D eigenvalue weighted by atomic mass is 10.2. The highest BCUT2D eigenvalue weighted by molar-refractivity contribution is 7.89. The molecule has 0 spiro atoms. The summed E-state index contributed by atoms with van der Waals surface area (Å²) >= 11 is 1.76. The number of hydrogen-bond donors (Lipinski definition) is 1. The molecule has 3 heterocycles. The molecule has 0 bridgehead atoms. The van der Waals surface area contributed by atoms with Crippen molar-refractivity contribution in [3.8, 4) is 0 Å². The van der Waals surface area contributed by atoms with Gasteiger partial charge in [-0.15, -0.1) is 0 Å². The molecule has 0 radical (unpaired) electrons. The van der Waals surface area contributed by atoms with E-state index < -0.39 is 10.0 Å². The summed E-state index contributed by atoms with van der Waals surface area (Å²) in [4.78, 5) is 22.3. The molecule has 5 rings (SSSR count). The molecule has 1 aromatic heterocycles. The van der Waals surface area contributed by atoms with E-state index in [9.17, 15) is 13.2 Å². The molecule has 10 heteroatoms. The van der Waals surface area contributed by atoms with Crippen LogP contribution in [0.1, 0.15) is 35.7 Å². The first-order valence-electron chi connectivity index (χ1n) is 12.7. The van der Waals surface area contributed by atoms with Crippen molar-refractivity contribution in [2.75, 3.05) is 57.3 Å². The lowest BCUT2D eigenvalue weighted by Gasteiger charge is -2.34. The van der Waals surface area contributed by atoms with Crippen LogP contribution in [0.25, 0.3) is 10.2 Å². The molecule has 0 atom stereocenters. The van der Waals surface area contributed by atoms with E-state index in [1.54, 1.807) is 23.5 Å².